The maximum absolute atomic E-state index is 11.9. The molecule has 0 spiro atoms. The molecule has 0 aliphatic carbocycles. The van der Waals surface area contributed by atoms with Crippen molar-refractivity contribution in [1.29, 1.82) is 0 Å². The lowest BCUT2D eigenvalue weighted by Crippen LogP contribution is -2.36. The zero-order valence-electron chi connectivity index (χ0n) is 15.8. The number of carbonyl (C=O) groups is 3. The van der Waals surface area contributed by atoms with Gasteiger partial charge in [-0.1, -0.05) is 6.92 Å². The largest absolute Gasteiger partial charge is 0.456 e. The smallest absolute Gasteiger partial charge is 0.396 e. The van der Waals surface area contributed by atoms with E-state index in [1.807, 2.05) is 0 Å². The van der Waals surface area contributed by atoms with Crippen molar-refractivity contribution in [2.75, 3.05) is 13.7 Å². The van der Waals surface area contributed by atoms with Crippen LogP contribution in [0.3, 0.4) is 0 Å². The SMILES string of the molecule is CNC(=O)C(=O)OC[C@H]1O[C@@H](n2cnc3c(=O)[nH]cnc32)C(C)[C@@H]1OOC(C)=O. The van der Waals surface area contributed by atoms with E-state index < -0.39 is 47.8 Å². The van der Waals surface area contributed by atoms with Gasteiger partial charge >= 0.3 is 17.8 Å². The Balaban J connectivity index is 1.84. The number of likely N-dealkylation sites (N-methyl/N-ethyl adjacent to an activating group) is 1. The lowest BCUT2D eigenvalue weighted by Gasteiger charge is -2.19. The van der Waals surface area contributed by atoms with Crippen molar-refractivity contribution in [2.45, 2.75) is 32.3 Å². The highest BCUT2D eigenvalue weighted by Crippen LogP contribution is 2.37. The first-order valence-electron chi connectivity index (χ1n) is 8.62. The molecule has 4 atom stereocenters. The van der Waals surface area contributed by atoms with Crippen LogP contribution in [0.5, 0.6) is 0 Å². The molecule has 1 amide bonds. The van der Waals surface area contributed by atoms with Gasteiger partial charge in [-0.25, -0.2) is 19.6 Å². The van der Waals surface area contributed by atoms with Crippen LogP contribution in [0.1, 0.15) is 20.1 Å². The van der Waals surface area contributed by atoms with Crippen LogP contribution in [0.25, 0.3) is 11.2 Å². The Hall–Kier alpha value is -3.32. The molecule has 13 heteroatoms. The molecule has 0 aromatic carbocycles. The molecular formula is C16H19N5O8. The second kappa shape index (κ2) is 8.36. The average Bonchev–Trinajstić information content (AvgIpc) is 3.25. The predicted molar refractivity (Wildman–Crippen MR) is 92.9 cm³/mol. The molecule has 1 unspecified atom stereocenters. The summed E-state index contributed by atoms with van der Waals surface area (Å²) >= 11 is 0. The Morgan fingerprint density at radius 2 is 2.10 bits per heavy atom. The van der Waals surface area contributed by atoms with Crippen LogP contribution < -0.4 is 10.9 Å². The van der Waals surface area contributed by atoms with E-state index in [0.717, 1.165) is 6.92 Å². The van der Waals surface area contributed by atoms with Crippen molar-refractivity contribution < 1.29 is 33.6 Å². The monoisotopic (exact) mass is 409 g/mol. The van der Waals surface area contributed by atoms with Crippen LogP contribution in [0.2, 0.25) is 0 Å². The number of carbonyl (C=O) groups excluding carboxylic acids is 3. The molecular weight excluding hydrogens is 390 g/mol. The fourth-order valence-corrected chi connectivity index (χ4v) is 2.98. The van der Waals surface area contributed by atoms with Gasteiger partial charge < -0.3 is 19.8 Å². The molecule has 0 bridgehead atoms. The third-order valence-corrected chi connectivity index (χ3v) is 4.36. The number of rotatable bonds is 5. The van der Waals surface area contributed by atoms with E-state index in [1.165, 1.54) is 24.3 Å². The molecule has 1 aliphatic heterocycles. The van der Waals surface area contributed by atoms with E-state index in [4.69, 9.17) is 14.4 Å². The number of hydrogen-bond donors (Lipinski definition) is 2. The summed E-state index contributed by atoms with van der Waals surface area (Å²) in [6.07, 6.45) is 0.190. The summed E-state index contributed by atoms with van der Waals surface area (Å²) < 4.78 is 12.4. The van der Waals surface area contributed by atoms with Crippen LogP contribution in [0.4, 0.5) is 0 Å². The van der Waals surface area contributed by atoms with Crippen molar-refractivity contribution in [3.63, 3.8) is 0 Å². The minimum absolute atomic E-state index is 0.121. The number of nitrogens with one attached hydrogen (secondary N) is 2. The minimum atomic E-state index is -1.10. The summed E-state index contributed by atoms with van der Waals surface area (Å²) in [6, 6.07) is 0. The summed E-state index contributed by atoms with van der Waals surface area (Å²) in [6.45, 7) is 2.58. The molecule has 3 heterocycles. The van der Waals surface area contributed by atoms with Crippen molar-refractivity contribution in [3.05, 3.63) is 23.0 Å². The van der Waals surface area contributed by atoms with Gasteiger partial charge in [0.25, 0.3) is 5.56 Å². The number of fused-ring (bicyclic) bond motifs is 1. The molecule has 1 aliphatic rings. The van der Waals surface area contributed by atoms with Gasteiger partial charge in [0.15, 0.2) is 11.2 Å². The van der Waals surface area contributed by atoms with E-state index >= 15 is 0 Å². The zero-order valence-corrected chi connectivity index (χ0v) is 15.8. The van der Waals surface area contributed by atoms with Gasteiger partial charge in [0.1, 0.15) is 25.0 Å². The number of nitrogens with zero attached hydrogens (tertiary/aromatic N) is 3. The van der Waals surface area contributed by atoms with E-state index in [1.54, 1.807) is 6.92 Å². The van der Waals surface area contributed by atoms with E-state index in [2.05, 4.69) is 25.2 Å². The Morgan fingerprint density at radius 3 is 2.79 bits per heavy atom. The van der Waals surface area contributed by atoms with E-state index in [9.17, 15) is 19.2 Å². The standard InChI is InChI=1S/C16H19N5O8/c1-7-11(29-28-8(2)22)9(4-26-16(25)14(24)17-3)27-15(7)21-6-20-10-12(21)18-5-19-13(10)23/h5-7,9,11,15H,4H2,1-3H3,(H,17,24)(H,18,19,23)/t7?,9-,11+,15-/m1/s1. The highest BCUT2D eigenvalue weighted by Gasteiger charge is 2.46. The maximum Gasteiger partial charge on any atom is 0.396 e. The molecule has 2 aromatic heterocycles. The van der Waals surface area contributed by atoms with Gasteiger partial charge in [-0.2, -0.15) is 4.89 Å². The fourth-order valence-electron chi connectivity index (χ4n) is 2.98. The van der Waals surface area contributed by atoms with Crippen LogP contribution in [-0.4, -0.2) is 63.2 Å². The minimum Gasteiger partial charge on any atom is -0.456 e. The summed E-state index contributed by atoms with van der Waals surface area (Å²) in [7, 11) is 1.29. The number of ether oxygens (including phenoxy) is 2. The number of amides is 1. The Bertz CT molecular complexity index is 985. The molecule has 2 N–H and O–H groups in total. The maximum atomic E-state index is 11.9. The zero-order chi connectivity index (χ0) is 21.1. The van der Waals surface area contributed by atoms with Crippen LogP contribution in [-0.2, 0) is 33.6 Å². The summed E-state index contributed by atoms with van der Waals surface area (Å²) in [5, 5.41) is 2.15. The van der Waals surface area contributed by atoms with Crippen molar-refractivity contribution in [1.82, 2.24) is 24.8 Å². The Morgan fingerprint density at radius 1 is 1.34 bits per heavy atom. The third kappa shape index (κ3) is 4.09. The van der Waals surface area contributed by atoms with Gasteiger partial charge in [0.05, 0.1) is 12.7 Å². The lowest BCUT2D eigenvalue weighted by molar-refractivity contribution is -0.308. The van der Waals surface area contributed by atoms with E-state index in [-0.39, 0.29) is 17.8 Å². The number of aromatic nitrogens is 4. The third-order valence-electron chi connectivity index (χ3n) is 4.36. The Kier molecular flexibility index (Phi) is 5.89. The second-order valence-corrected chi connectivity index (χ2v) is 6.29. The average molecular weight is 409 g/mol. The molecule has 1 saturated heterocycles. The molecule has 1 fully saturated rings. The highest BCUT2D eigenvalue weighted by molar-refractivity contribution is 6.32. The number of aromatic amines is 1. The number of esters is 1. The molecule has 13 nitrogen and oxygen atoms in total. The first-order chi connectivity index (χ1) is 13.8. The molecule has 0 saturated carbocycles. The predicted octanol–water partition coefficient (Wildman–Crippen LogP) is -1.19. The van der Waals surface area contributed by atoms with Gasteiger partial charge in [0, 0.05) is 19.9 Å². The normalized spacial score (nSPS) is 23.7. The summed E-state index contributed by atoms with van der Waals surface area (Å²) in [4.78, 5) is 66.4. The number of hydrogen-bond acceptors (Lipinski definition) is 10. The molecule has 0 radical (unpaired) electrons. The molecule has 3 rings (SSSR count). The molecule has 29 heavy (non-hydrogen) atoms. The van der Waals surface area contributed by atoms with Gasteiger partial charge in [-0.05, 0) is 0 Å². The fraction of sp³-hybridized carbons (Fsp3) is 0.500. The Labute approximate surface area is 163 Å². The van der Waals surface area contributed by atoms with Crippen LogP contribution in [0.15, 0.2) is 17.4 Å². The van der Waals surface area contributed by atoms with Crippen LogP contribution in [0, 0.1) is 5.92 Å². The van der Waals surface area contributed by atoms with Gasteiger partial charge in [-0.3, -0.25) is 19.0 Å². The quantitative estimate of drug-likeness (QED) is 0.265. The first kappa shape index (κ1) is 20.4. The first-order valence-corrected chi connectivity index (χ1v) is 8.62. The summed E-state index contributed by atoms with van der Waals surface area (Å²) in [5.74, 6) is -3.13. The topological polar surface area (TPSA) is 164 Å². The lowest BCUT2D eigenvalue weighted by atomic mass is 10.0. The van der Waals surface area contributed by atoms with Crippen LogP contribution >= 0.6 is 0 Å². The highest BCUT2D eigenvalue weighted by atomic mass is 17.2. The van der Waals surface area contributed by atoms with Gasteiger partial charge in [-0.15, -0.1) is 0 Å². The molecule has 2 aromatic rings. The van der Waals surface area contributed by atoms with Crippen molar-refractivity contribution >= 4 is 29.0 Å². The van der Waals surface area contributed by atoms with Gasteiger partial charge in [0.2, 0.25) is 0 Å². The van der Waals surface area contributed by atoms with Crippen molar-refractivity contribution in [3.8, 4) is 0 Å². The summed E-state index contributed by atoms with van der Waals surface area (Å²) in [5.41, 5.74) is -0.0155. The number of H-pyrrole nitrogens is 1. The second-order valence-electron chi connectivity index (χ2n) is 6.29. The number of imidazole rings is 1. The van der Waals surface area contributed by atoms with E-state index in [0.29, 0.717) is 0 Å². The molecule has 156 valence electrons. The van der Waals surface area contributed by atoms with Crippen molar-refractivity contribution in [2.24, 2.45) is 5.92 Å².